The molecule has 0 spiro atoms. The highest BCUT2D eigenvalue weighted by Crippen LogP contribution is 2.42. The Balaban J connectivity index is 1.47. The summed E-state index contributed by atoms with van der Waals surface area (Å²) in [6.45, 7) is 2.23. The van der Waals surface area contributed by atoms with Crippen LogP contribution in [0.4, 0.5) is 13.2 Å². The number of ether oxygens (including phenoxy) is 1. The summed E-state index contributed by atoms with van der Waals surface area (Å²) in [5, 5.41) is 5.62. The number of hydrogen-bond donors (Lipinski definition) is 0. The molecule has 9 heteroatoms. The van der Waals surface area contributed by atoms with Gasteiger partial charge in [0.05, 0.1) is 22.3 Å². The molecule has 0 atom stereocenters. The van der Waals surface area contributed by atoms with Gasteiger partial charge in [0, 0.05) is 21.2 Å². The van der Waals surface area contributed by atoms with E-state index in [0.29, 0.717) is 39.2 Å². The molecule has 0 N–H and O–H groups in total. The van der Waals surface area contributed by atoms with Gasteiger partial charge in [0.2, 0.25) is 0 Å². The van der Waals surface area contributed by atoms with E-state index in [9.17, 15) is 13.2 Å². The first kappa shape index (κ1) is 27.8. The van der Waals surface area contributed by atoms with Crippen LogP contribution < -0.4 is 4.74 Å². The molecule has 0 aliphatic carbocycles. The third kappa shape index (κ3) is 5.71. The quantitative estimate of drug-likeness (QED) is 0.190. The summed E-state index contributed by atoms with van der Waals surface area (Å²) < 4.78 is 51.3. The molecule has 6 aromatic rings. The van der Waals surface area contributed by atoms with Crippen molar-refractivity contribution in [3.8, 4) is 34.0 Å². The average molecular weight is 604 g/mol. The zero-order valence-corrected chi connectivity index (χ0v) is 23.7. The minimum atomic E-state index is -4.67. The van der Waals surface area contributed by atoms with Gasteiger partial charge in [-0.1, -0.05) is 71.2 Å². The van der Waals surface area contributed by atoms with Gasteiger partial charge in [-0.25, -0.2) is 9.67 Å². The van der Waals surface area contributed by atoms with E-state index in [1.807, 2.05) is 31.2 Å². The highest BCUT2D eigenvalue weighted by Gasteiger charge is 2.36. The van der Waals surface area contributed by atoms with Crippen molar-refractivity contribution >= 4 is 34.2 Å². The van der Waals surface area contributed by atoms with Crippen LogP contribution in [-0.4, -0.2) is 14.8 Å². The average Bonchev–Trinajstić information content (AvgIpc) is 3.36. The van der Waals surface area contributed by atoms with Crippen molar-refractivity contribution in [3.05, 3.63) is 130 Å². The van der Waals surface area contributed by atoms with E-state index < -0.39 is 11.7 Å². The Morgan fingerprint density at radius 2 is 1.48 bits per heavy atom. The predicted octanol–water partition coefficient (Wildman–Crippen LogP) is 9.97. The molecule has 0 amide bonds. The van der Waals surface area contributed by atoms with Crippen LogP contribution in [0.25, 0.3) is 39.2 Å². The van der Waals surface area contributed by atoms with Gasteiger partial charge in [0.25, 0.3) is 0 Å². The summed E-state index contributed by atoms with van der Waals surface area (Å²) in [6.07, 6.45) is -4.67. The SMILES string of the molecule is Cc1ccc(-c2nn(-c3cccc(Cl)c3)c3nc(-c4ccc(OCc5ccc(Cl)cc5)cc4)cc(C(F)(F)F)c23)cc1. The highest BCUT2D eigenvalue weighted by molar-refractivity contribution is 6.31. The van der Waals surface area contributed by atoms with Crippen molar-refractivity contribution < 1.29 is 17.9 Å². The molecule has 6 rings (SSSR count). The number of aromatic nitrogens is 3. The van der Waals surface area contributed by atoms with E-state index >= 15 is 0 Å². The molecule has 0 aliphatic rings. The lowest BCUT2D eigenvalue weighted by molar-refractivity contribution is -0.136. The lowest BCUT2D eigenvalue weighted by Gasteiger charge is -2.13. The zero-order chi connectivity index (χ0) is 29.4. The molecule has 0 bridgehead atoms. The van der Waals surface area contributed by atoms with Crippen molar-refractivity contribution in [3.63, 3.8) is 0 Å². The summed E-state index contributed by atoms with van der Waals surface area (Å²) in [6, 6.07) is 29.1. The van der Waals surface area contributed by atoms with E-state index in [1.165, 1.54) is 4.68 Å². The van der Waals surface area contributed by atoms with Gasteiger partial charge in [-0.3, -0.25) is 0 Å². The lowest BCUT2D eigenvalue weighted by Crippen LogP contribution is -2.08. The number of halogens is 5. The topological polar surface area (TPSA) is 39.9 Å². The fourth-order valence-electron chi connectivity index (χ4n) is 4.66. The second kappa shape index (κ2) is 11.2. The Hall–Kier alpha value is -4.33. The van der Waals surface area contributed by atoms with E-state index in [0.717, 1.165) is 17.2 Å². The molecular weight excluding hydrogens is 582 g/mol. The molecule has 4 nitrogen and oxygen atoms in total. The molecule has 0 unspecified atom stereocenters. The van der Waals surface area contributed by atoms with Crippen LogP contribution in [0.3, 0.4) is 0 Å². The smallest absolute Gasteiger partial charge is 0.417 e. The molecule has 210 valence electrons. The van der Waals surface area contributed by atoms with Crippen LogP contribution in [0, 0.1) is 6.92 Å². The Kier molecular flexibility index (Phi) is 7.39. The number of aryl methyl sites for hydroxylation is 1. The first-order valence-electron chi connectivity index (χ1n) is 13.0. The number of nitrogens with zero attached hydrogens (tertiary/aromatic N) is 3. The Morgan fingerprint density at radius 3 is 2.14 bits per heavy atom. The van der Waals surface area contributed by atoms with Gasteiger partial charge in [-0.15, -0.1) is 0 Å². The maximum Gasteiger partial charge on any atom is 0.417 e. The van der Waals surface area contributed by atoms with Crippen LogP contribution in [0.1, 0.15) is 16.7 Å². The van der Waals surface area contributed by atoms with Gasteiger partial charge >= 0.3 is 6.18 Å². The maximum absolute atomic E-state index is 14.7. The lowest BCUT2D eigenvalue weighted by atomic mass is 10.0. The summed E-state index contributed by atoms with van der Waals surface area (Å²) >= 11 is 12.2. The fraction of sp³-hybridized carbons (Fsp3) is 0.0909. The van der Waals surface area contributed by atoms with Crippen LogP contribution >= 0.6 is 23.2 Å². The minimum Gasteiger partial charge on any atom is -0.489 e. The third-order valence-corrected chi connectivity index (χ3v) is 7.28. The first-order chi connectivity index (χ1) is 20.2. The van der Waals surface area contributed by atoms with E-state index in [4.69, 9.17) is 32.9 Å². The summed E-state index contributed by atoms with van der Waals surface area (Å²) in [4.78, 5) is 4.72. The second-order valence-corrected chi connectivity index (χ2v) is 10.7. The van der Waals surface area contributed by atoms with E-state index in [-0.39, 0.29) is 22.4 Å². The van der Waals surface area contributed by atoms with Crippen LogP contribution in [0.15, 0.2) is 103 Å². The molecule has 42 heavy (non-hydrogen) atoms. The number of pyridine rings is 1. The fourth-order valence-corrected chi connectivity index (χ4v) is 4.97. The van der Waals surface area contributed by atoms with E-state index in [2.05, 4.69) is 5.10 Å². The summed E-state index contributed by atoms with van der Waals surface area (Å²) in [5.41, 5.74) is 3.04. The standard InChI is InChI=1S/C33H22Cl2F3N3O/c1-20-5-9-23(10-6-20)31-30-28(33(36,37)38)18-29(39-32(30)41(40-31)26-4-2-3-25(35)17-26)22-11-15-27(16-12-22)42-19-21-7-13-24(34)14-8-21/h2-18H,19H2,1H3. The molecule has 2 aromatic heterocycles. The van der Waals surface area contributed by atoms with Gasteiger partial charge in [0.1, 0.15) is 18.1 Å². The number of fused-ring (bicyclic) bond motifs is 1. The van der Waals surface area contributed by atoms with Gasteiger partial charge in [-0.2, -0.15) is 18.3 Å². The monoisotopic (exact) mass is 603 g/mol. The van der Waals surface area contributed by atoms with Crippen molar-refractivity contribution in [2.24, 2.45) is 0 Å². The van der Waals surface area contributed by atoms with Crippen LogP contribution in [0.2, 0.25) is 10.0 Å². The van der Waals surface area contributed by atoms with Gasteiger partial charge < -0.3 is 4.74 Å². The third-order valence-electron chi connectivity index (χ3n) is 6.79. The molecule has 2 heterocycles. The van der Waals surface area contributed by atoms with Gasteiger partial charge in [0.15, 0.2) is 5.65 Å². The number of alkyl halides is 3. The van der Waals surface area contributed by atoms with E-state index in [1.54, 1.807) is 72.8 Å². The van der Waals surface area contributed by atoms with Gasteiger partial charge in [-0.05, 0) is 73.2 Å². The first-order valence-corrected chi connectivity index (χ1v) is 13.7. The zero-order valence-electron chi connectivity index (χ0n) is 22.2. The van der Waals surface area contributed by atoms with Crippen LogP contribution in [0.5, 0.6) is 5.75 Å². The maximum atomic E-state index is 14.7. The molecule has 0 fully saturated rings. The molecule has 0 aliphatic heterocycles. The number of hydrogen-bond acceptors (Lipinski definition) is 3. The molecular formula is C33H22Cl2F3N3O. The highest BCUT2D eigenvalue weighted by atomic mass is 35.5. The number of benzene rings is 4. The van der Waals surface area contributed by atoms with Crippen LogP contribution in [-0.2, 0) is 12.8 Å². The molecule has 0 radical (unpaired) electrons. The Bertz CT molecular complexity index is 1880. The normalized spacial score (nSPS) is 11.7. The summed E-state index contributed by atoms with van der Waals surface area (Å²) in [5.74, 6) is 0.566. The Labute approximate surface area is 249 Å². The van der Waals surface area contributed by atoms with Crippen molar-refractivity contribution in [1.82, 2.24) is 14.8 Å². The Morgan fingerprint density at radius 1 is 0.786 bits per heavy atom. The van der Waals surface area contributed by atoms with Crippen molar-refractivity contribution in [2.75, 3.05) is 0 Å². The molecule has 4 aromatic carbocycles. The largest absolute Gasteiger partial charge is 0.489 e. The predicted molar refractivity (Wildman–Crippen MR) is 160 cm³/mol. The summed E-state index contributed by atoms with van der Waals surface area (Å²) in [7, 11) is 0. The second-order valence-electron chi connectivity index (χ2n) is 9.80. The minimum absolute atomic E-state index is 0.0701. The number of rotatable bonds is 6. The molecule has 0 saturated carbocycles. The van der Waals surface area contributed by atoms with Crippen molar-refractivity contribution in [1.29, 1.82) is 0 Å². The van der Waals surface area contributed by atoms with Crippen molar-refractivity contribution in [2.45, 2.75) is 19.7 Å². The molecule has 0 saturated heterocycles.